The molecule has 0 aliphatic rings. The molecular formula is C13H18N6O5. The normalized spacial score (nSPS) is 10.7. The van der Waals surface area contributed by atoms with Crippen LogP contribution in [0.25, 0.3) is 0 Å². The zero-order valence-electron chi connectivity index (χ0n) is 13.3. The van der Waals surface area contributed by atoms with Crippen LogP contribution in [0.2, 0.25) is 0 Å². The van der Waals surface area contributed by atoms with E-state index in [2.05, 4.69) is 42.9 Å². The van der Waals surface area contributed by atoms with Crippen LogP contribution in [-0.4, -0.2) is 59.4 Å². The fourth-order valence-electron chi connectivity index (χ4n) is 1.51. The van der Waals surface area contributed by atoms with Crippen LogP contribution in [0, 0.1) is 0 Å². The van der Waals surface area contributed by atoms with Crippen LogP contribution in [0.5, 0.6) is 0 Å². The Morgan fingerprint density at radius 3 is 2.42 bits per heavy atom. The van der Waals surface area contributed by atoms with Crippen LogP contribution < -0.4 is 15.8 Å². The maximum atomic E-state index is 11.4. The highest BCUT2D eigenvalue weighted by Gasteiger charge is 2.16. The lowest BCUT2D eigenvalue weighted by atomic mass is 10.4. The minimum atomic E-state index is -0.995. The van der Waals surface area contributed by atoms with Crippen molar-refractivity contribution < 1.29 is 24.3 Å². The van der Waals surface area contributed by atoms with Gasteiger partial charge in [-0.25, -0.2) is 9.59 Å². The molecule has 0 fully saturated rings. The molecule has 0 bridgehead atoms. The molecule has 1 rings (SSSR count). The smallest absolute Gasteiger partial charge is 0.436 e. The van der Waals surface area contributed by atoms with Gasteiger partial charge in [0.15, 0.2) is 0 Å². The molecule has 0 aliphatic heterocycles. The van der Waals surface area contributed by atoms with Crippen molar-refractivity contribution in [1.29, 1.82) is 0 Å². The molecule has 0 saturated carbocycles. The highest BCUT2D eigenvalue weighted by molar-refractivity contribution is 5.82. The topological polar surface area (TPSA) is 131 Å². The third-order valence-electron chi connectivity index (χ3n) is 2.54. The molecule has 0 aliphatic carbocycles. The third kappa shape index (κ3) is 4.83. The Bertz CT molecular complexity index is 689. The van der Waals surface area contributed by atoms with Crippen molar-refractivity contribution in [2.45, 2.75) is 0 Å². The molecule has 130 valence electrons. The highest BCUT2D eigenvalue weighted by atomic mass is 16.5. The van der Waals surface area contributed by atoms with E-state index in [9.17, 15) is 14.8 Å². The molecule has 0 unspecified atom stereocenters. The largest absolute Gasteiger partial charge is 0.453 e. The zero-order chi connectivity index (χ0) is 18.1. The van der Waals surface area contributed by atoms with E-state index in [1.807, 2.05) is 0 Å². The summed E-state index contributed by atoms with van der Waals surface area (Å²) < 4.78 is 9.16. The Labute approximate surface area is 137 Å². The fraction of sp³-hybridized carbons (Fsp3) is 0.308. The molecule has 11 heteroatoms. The van der Waals surface area contributed by atoms with Gasteiger partial charge in [0.1, 0.15) is 0 Å². The highest BCUT2D eigenvalue weighted by Crippen LogP contribution is 2.09. The van der Waals surface area contributed by atoms with E-state index < -0.39 is 17.8 Å². The predicted molar refractivity (Wildman–Crippen MR) is 83.8 cm³/mol. The Morgan fingerprint density at radius 1 is 1.29 bits per heavy atom. The van der Waals surface area contributed by atoms with Gasteiger partial charge in [0, 0.05) is 13.1 Å². The van der Waals surface area contributed by atoms with Gasteiger partial charge in [-0.15, -0.1) is 22.9 Å². The van der Waals surface area contributed by atoms with Crippen LogP contribution in [0.3, 0.4) is 0 Å². The first-order chi connectivity index (χ1) is 11.5. The standard InChI is InChI=1S/C13H18N6O5/c1-5-7-18(8-6-2)9-14-10(16-12(20)23-3)19(22)11(15-9)17-13(21)24-4/h5-6,22H,1-2,7-8H2,3-4H3,(H,14,15,16,17,20,21). The van der Waals surface area contributed by atoms with Crippen molar-refractivity contribution in [3.63, 3.8) is 0 Å². The Morgan fingerprint density at radius 2 is 1.92 bits per heavy atom. The zero-order valence-corrected chi connectivity index (χ0v) is 13.3. The van der Waals surface area contributed by atoms with Gasteiger partial charge in [-0.1, -0.05) is 12.2 Å². The molecule has 24 heavy (non-hydrogen) atoms. The van der Waals surface area contributed by atoms with Gasteiger partial charge in [-0.05, 0) is 0 Å². The maximum Gasteiger partial charge on any atom is 0.436 e. The number of nitrogens with zero attached hydrogens (tertiary/aromatic N) is 5. The Balaban J connectivity index is 3.50. The van der Waals surface area contributed by atoms with Crippen molar-refractivity contribution >= 4 is 24.1 Å². The summed E-state index contributed by atoms with van der Waals surface area (Å²) in [5.74, 6) is -0.290. The molecule has 11 nitrogen and oxygen atoms in total. The summed E-state index contributed by atoms with van der Waals surface area (Å²) in [4.78, 5) is 35.7. The number of carbonyl (C=O) groups is 2. The summed E-state index contributed by atoms with van der Waals surface area (Å²) in [6, 6.07) is 0. The molecule has 0 spiro atoms. The molecule has 1 heterocycles. The quantitative estimate of drug-likeness (QED) is 0.567. The first-order valence-corrected chi connectivity index (χ1v) is 6.61. The van der Waals surface area contributed by atoms with Gasteiger partial charge in [-0.2, -0.15) is 9.97 Å². The number of hydrogen-bond acceptors (Lipinski definition) is 8. The number of carbonyl (C=O) groups excluding carboxylic acids is 2. The van der Waals surface area contributed by atoms with Gasteiger partial charge in [-0.3, -0.25) is 5.32 Å². The van der Waals surface area contributed by atoms with E-state index in [4.69, 9.17) is 0 Å². The van der Waals surface area contributed by atoms with Gasteiger partial charge in [0.05, 0.1) is 14.2 Å². The predicted octanol–water partition coefficient (Wildman–Crippen LogP) is 0.539. The lowest BCUT2D eigenvalue weighted by Gasteiger charge is -2.20. The summed E-state index contributed by atoms with van der Waals surface area (Å²) in [5, 5.41) is 12.2. The van der Waals surface area contributed by atoms with E-state index in [-0.39, 0.29) is 11.9 Å². The SMILES string of the molecule is C=CCN(CC=C)c1nc(NC(=O)OC)n(O)c(=NC(=O)OC)n1. The minimum absolute atomic E-state index is 0.0640. The van der Waals surface area contributed by atoms with Crippen LogP contribution in [0.4, 0.5) is 21.5 Å². The van der Waals surface area contributed by atoms with Crippen molar-refractivity contribution in [2.24, 2.45) is 4.99 Å². The molecular weight excluding hydrogens is 320 g/mol. The van der Waals surface area contributed by atoms with Crippen molar-refractivity contribution in [3.8, 4) is 0 Å². The number of hydrogen-bond donors (Lipinski definition) is 2. The second kappa shape index (κ2) is 8.92. The van der Waals surface area contributed by atoms with Crippen LogP contribution in [0.1, 0.15) is 0 Å². The first-order valence-electron chi connectivity index (χ1n) is 6.61. The summed E-state index contributed by atoms with van der Waals surface area (Å²) >= 11 is 0. The molecule has 0 radical (unpaired) electrons. The summed E-state index contributed by atoms with van der Waals surface area (Å²) in [6.45, 7) is 7.93. The van der Waals surface area contributed by atoms with Gasteiger partial charge >= 0.3 is 12.2 Å². The maximum absolute atomic E-state index is 11.4. The number of amides is 2. The monoisotopic (exact) mass is 338 g/mol. The molecule has 1 aromatic heterocycles. The number of ether oxygens (including phenoxy) is 2. The van der Waals surface area contributed by atoms with Gasteiger partial charge in [0.25, 0.3) is 11.6 Å². The van der Waals surface area contributed by atoms with Gasteiger partial charge in [0.2, 0.25) is 5.95 Å². The second-order valence-corrected chi connectivity index (χ2v) is 4.14. The van der Waals surface area contributed by atoms with E-state index in [0.717, 1.165) is 14.2 Å². The Kier molecular flexibility index (Phi) is 6.95. The molecule has 2 amide bonds. The first kappa shape index (κ1) is 18.7. The summed E-state index contributed by atoms with van der Waals surface area (Å²) in [5.41, 5.74) is -0.448. The number of nitrogens with one attached hydrogen (secondary N) is 1. The van der Waals surface area contributed by atoms with E-state index in [1.54, 1.807) is 17.1 Å². The fourth-order valence-corrected chi connectivity index (χ4v) is 1.51. The lowest BCUT2D eigenvalue weighted by molar-refractivity contribution is 0.158. The number of methoxy groups -OCH3 is 2. The minimum Gasteiger partial charge on any atom is -0.453 e. The second-order valence-electron chi connectivity index (χ2n) is 4.14. The van der Waals surface area contributed by atoms with Crippen LogP contribution in [-0.2, 0) is 9.47 Å². The van der Waals surface area contributed by atoms with Gasteiger partial charge < -0.3 is 19.6 Å². The summed E-state index contributed by atoms with van der Waals surface area (Å²) in [6.07, 6.45) is 1.31. The summed E-state index contributed by atoms with van der Waals surface area (Å²) in [7, 11) is 2.26. The van der Waals surface area contributed by atoms with Crippen LogP contribution >= 0.6 is 0 Å². The van der Waals surface area contributed by atoms with E-state index in [0.29, 0.717) is 17.8 Å². The molecule has 0 atom stereocenters. The van der Waals surface area contributed by atoms with E-state index >= 15 is 0 Å². The third-order valence-corrected chi connectivity index (χ3v) is 2.54. The molecule has 0 saturated heterocycles. The van der Waals surface area contributed by atoms with E-state index in [1.165, 1.54) is 0 Å². The number of rotatable bonds is 6. The molecule has 2 N–H and O–H groups in total. The Hall–Kier alpha value is -3.37. The average molecular weight is 338 g/mol. The molecule has 1 aromatic rings. The van der Waals surface area contributed by atoms with Crippen molar-refractivity contribution in [2.75, 3.05) is 37.5 Å². The van der Waals surface area contributed by atoms with Crippen molar-refractivity contribution in [1.82, 2.24) is 14.7 Å². The average Bonchev–Trinajstić information content (AvgIpc) is 2.57. The lowest BCUT2D eigenvalue weighted by Crippen LogP contribution is -2.34. The number of aromatic nitrogens is 3. The van der Waals surface area contributed by atoms with Crippen molar-refractivity contribution in [3.05, 3.63) is 30.9 Å². The number of anilines is 2. The molecule has 0 aromatic carbocycles. The van der Waals surface area contributed by atoms with Crippen LogP contribution in [0.15, 0.2) is 30.3 Å².